The average molecular weight is 692 g/mol. The highest BCUT2D eigenvalue weighted by molar-refractivity contribution is 6.34. The molecule has 262 valence electrons. The largest absolute Gasteiger partial charge is 0.455 e. The van der Waals surface area contributed by atoms with Gasteiger partial charge < -0.3 is 29.3 Å². The van der Waals surface area contributed by atoms with E-state index in [9.17, 15) is 24.3 Å². The van der Waals surface area contributed by atoms with Gasteiger partial charge in [-0.25, -0.2) is 0 Å². The Kier molecular flexibility index (Phi) is 11.6. The number of hydrogen-bond donors (Lipinski definition) is 1. The van der Waals surface area contributed by atoms with Crippen molar-refractivity contribution in [2.45, 2.75) is 75.3 Å². The van der Waals surface area contributed by atoms with Gasteiger partial charge >= 0.3 is 5.97 Å². The smallest absolute Gasteiger partial charge is 0.313 e. The van der Waals surface area contributed by atoms with Crippen LogP contribution in [0.25, 0.3) is 0 Å². The van der Waals surface area contributed by atoms with Crippen LogP contribution in [0.15, 0.2) is 79.9 Å². The van der Waals surface area contributed by atoms with Crippen molar-refractivity contribution in [3.63, 3.8) is 0 Å². The Labute approximate surface area is 293 Å². The second-order valence-electron chi connectivity index (χ2n) is 13.0. The molecule has 1 spiro atoms. The molecule has 0 unspecified atom stereocenters. The van der Waals surface area contributed by atoms with Crippen LogP contribution in [-0.2, 0) is 28.7 Å². The first-order valence-corrected chi connectivity index (χ1v) is 17.4. The van der Waals surface area contributed by atoms with E-state index in [1.807, 2.05) is 37.3 Å². The first-order chi connectivity index (χ1) is 23.6. The number of likely N-dealkylation sites (tertiary alicyclic amines) is 1. The fourth-order valence-electron chi connectivity index (χ4n) is 7.71. The van der Waals surface area contributed by atoms with Crippen molar-refractivity contribution in [1.82, 2.24) is 9.80 Å². The molecular formula is C38H46ClN3O7. The third kappa shape index (κ3) is 6.91. The molecule has 3 amide bonds. The molecule has 3 heterocycles. The van der Waals surface area contributed by atoms with E-state index in [-0.39, 0.29) is 43.8 Å². The second-order valence-corrected chi connectivity index (χ2v) is 13.5. The number of aliphatic hydroxyl groups excluding tert-OH is 1. The van der Waals surface area contributed by atoms with Crippen molar-refractivity contribution >= 4 is 41.0 Å². The Morgan fingerprint density at radius 3 is 2.51 bits per heavy atom. The minimum atomic E-state index is -1.26. The van der Waals surface area contributed by atoms with Gasteiger partial charge in [0.25, 0.3) is 5.91 Å². The van der Waals surface area contributed by atoms with E-state index in [2.05, 4.69) is 13.2 Å². The number of anilines is 1. The highest BCUT2D eigenvalue weighted by Gasteiger charge is 2.75. The number of carbonyl (C=O) groups is 4. The number of rotatable bonds is 16. The highest BCUT2D eigenvalue weighted by Crippen LogP contribution is 2.59. The molecule has 3 saturated heterocycles. The summed E-state index contributed by atoms with van der Waals surface area (Å²) in [6, 6.07) is 14.7. The lowest BCUT2D eigenvalue weighted by Crippen LogP contribution is -2.56. The van der Waals surface area contributed by atoms with E-state index in [4.69, 9.17) is 21.1 Å². The standard InChI is InChI=1S/C38H46ClN3O7/c1-5-7-19-30(44)40(4)25(3)33(26-15-9-8-10-16-26)48-37(47)31-29-20-21-38(49-29)32(31)35(45)42(23-13-14-24-43)34(38)36(46)41(22-6-2)28-18-12-11-17-27(28)39/h5-6,8-12,15-18,25,29,31-34,43H,1-2,7,13-14,19-24H2,3-4H3/t25-,29-,31+,32+,33+,34-,38+/m1/s1. The maximum Gasteiger partial charge on any atom is 0.313 e. The SMILES string of the molecule is C=CCCC(=O)N(C)[C@H](C)[C@H](OC(=O)[C@@H]1[C@H]2C(=O)N(CCCCO)[C@H](C(=O)N(CC=C)c3ccccc3Cl)[C@]23CC[C@H]1O3)c1ccccc1. The molecule has 7 atom stereocenters. The number of aliphatic hydroxyl groups is 1. The summed E-state index contributed by atoms with van der Waals surface area (Å²) >= 11 is 6.56. The van der Waals surface area contributed by atoms with Gasteiger partial charge in [0.2, 0.25) is 11.8 Å². The summed E-state index contributed by atoms with van der Waals surface area (Å²) in [4.78, 5) is 61.1. The lowest BCUT2D eigenvalue weighted by atomic mass is 9.70. The summed E-state index contributed by atoms with van der Waals surface area (Å²) in [5, 5.41) is 9.89. The van der Waals surface area contributed by atoms with E-state index < -0.39 is 47.7 Å². The summed E-state index contributed by atoms with van der Waals surface area (Å²) in [5.74, 6) is -3.34. The predicted molar refractivity (Wildman–Crippen MR) is 187 cm³/mol. The van der Waals surface area contributed by atoms with Crippen LogP contribution in [0.5, 0.6) is 0 Å². The molecule has 2 aromatic rings. The summed E-state index contributed by atoms with van der Waals surface area (Å²) in [6.07, 6.45) is 4.41. The number of hydrogen-bond acceptors (Lipinski definition) is 7. The van der Waals surface area contributed by atoms with Crippen LogP contribution >= 0.6 is 11.6 Å². The lowest BCUT2D eigenvalue weighted by molar-refractivity contribution is -0.164. The minimum Gasteiger partial charge on any atom is -0.455 e. The molecule has 0 aromatic heterocycles. The Morgan fingerprint density at radius 1 is 1.12 bits per heavy atom. The highest BCUT2D eigenvalue weighted by atomic mass is 35.5. The summed E-state index contributed by atoms with van der Waals surface area (Å²) in [5.41, 5.74) is -0.0679. The molecule has 49 heavy (non-hydrogen) atoms. The molecule has 11 heteroatoms. The predicted octanol–water partition coefficient (Wildman–Crippen LogP) is 5.10. The van der Waals surface area contributed by atoms with Crippen molar-refractivity contribution in [2.24, 2.45) is 11.8 Å². The van der Waals surface area contributed by atoms with Crippen LogP contribution in [0.2, 0.25) is 5.02 Å². The van der Waals surface area contributed by atoms with Gasteiger partial charge in [0.1, 0.15) is 17.7 Å². The topological polar surface area (TPSA) is 117 Å². The number of carbonyl (C=O) groups excluding carboxylic acids is 4. The number of nitrogens with zero attached hydrogens (tertiary/aromatic N) is 3. The molecule has 5 rings (SSSR count). The Bertz CT molecular complexity index is 1550. The van der Waals surface area contributed by atoms with Crippen LogP contribution in [0, 0.1) is 11.8 Å². The molecule has 3 fully saturated rings. The van der Waals surface area contributed by atoms with Crippen molar-refractivity contribution in [3.05, 3.63) is 90.5 Å². The van der Waals surface area contributed by atoms with E-state index in [1.54, 1.807) is 48.4 Å². The van der Waals surface area contributed by atoms with Crippen molar-refractivity contribution < 1.29 is 33.8 Å². The maximum atomic E-state index is 14.7. The fraction of sp³-hybridized carbons (Fsp3) is 0.474. The van der Waals surface area contributed by atoms with Gasteiger partial charge in [0, 0.05) is 33.2 Å². The van der Waals surface area contributed by atoms with Gasteiger partial charge in [-0.05, 0) is 56.7 Å². The van der Waals surface area contributed by atoms with Crippen molar-refractivity contribution in [2.75, 3.05) is 31.6 Å². The fourth-order valence-corrected chi connectivity index (χ4v) is 7.95. The zero-order valence-electron chi connectivity index (χ0n) is 28.2. The summed E-state index contributed by atoms with van der Waals surface area (Å²) < 4.78 is 12.9. The van der Waals surface area contributed by atoms with Crippen LogP contribution in [0.4, 0.5) is 5.69 Å². The zero-order valence-corrected chi connectivity index (χ0v) is 29.0. The molecule has 0 saturated carbocycles. The van der Waals surface area contributed by atoms with Gasteiger partial charge in [-0.2, -0.15) is 0 Å². The van der Waals surface area contributed by atoms with Crippen LogP contribution in [0.3, 0.4) is 0 Å². The Morgan fingerprint density at radius 2 is 1.84 bits per heavy atom. The van der Waals surface area contributed by atoms with Crippen molar-refractivity contribution in [1.29, 1.82) is 0 Å². The summed E-state index contributed by atoms with van der Waals surface area (Å²) in [6.45, 7) is 9.67. The monoisotopic (exact) mass is 691 g/mol. The normalized spacial score (nSPS) is 25.0. The third-order valence-electron chi connectivity index (χ3n) is 10.2. The average Bonchev–Trinajstić information content (AvgIpc) is 3.75. The van der Waals surface area contributed by atoms with Gasteiger partial charge in [0.15, 0.2) is 0 Å². The van der Waals surface area contributed by atoms with Crippen LogP contribution in [0.1, 0.15) is 57.1 Å². The molecule has 0 aliphatic carbocycles. The quantitative estimate of drug-likeness (QED) is 0.148. The number of benzene rings is 2. The molecule has 2 aromatic carbocycles. The number of unbranched alkanes of at least 4 members (excludes halogenated alkanes) is 1. The number of amides is 3. The number of para-hydroxylation sites is 1. The number of likely N-dealkylation sites (N-methyl/N-ethyl adjacent to an activating group) is 1. The van der Waals surface area contributed by atoms with Crippen LogP contribution in [-0.4, -0.2) is 89.1 Å². The van der Waals surface area contributed by atoms with Crippen LogP contribution < -0.4 is 4.90 Å². The van der Waals surface area contributed by atoms with E-state index in [0.717, 1.165) is 0 Å². The number of halogens is 1. The number of fused-ring (bicyclic) bond motifs is 1. The Hall–Kier alpha value is -3.99. The van der Waals surface area contributed by atoms with E-state index in [0.29, 0.717) is 48.4 Å². The van der Waals surface area contributed by atoms with Gasteiger partial charge in [0.05, 0.1) is 34.7 Å². The van der Waals surface area contributed by atoms with Gasteiger partial charge in [-0.15, -0.1) is 13.2 Å². The molecule has 3 aliphatic heterocycles. The molecule has 1 N–H and O–H groups in total. The third-order valence-corrected chi connectivity index (χ3v) is 10.5. The molecule has 0 radical (unpaired) electrons. The zero-order chi connectivity index (χ0) is 35.3. The van der Waals surface area contributed by atoms with Crippen molar-refractivity contribution in [3.8, 4) is 0 Å². The molecule has 3 aliphatic rings. The number of esters is 1. The first-order valence-electron chi connectivity index (χ1n) is 17.0. The minimum absolute atomic E-state index is 0.0610. The summed E-state index contributed by atoms with van der Waals surface area (Å²) in [7, 11) is 1.68. The van der Waals surface area contributed by atoms with Gasteiger partial charge in [-0.3, -0.25) is 19.2 Å². The Balaban J connectivity index is 1.49. The molecular weight excluding hydrogens is 646 g/mol. The van der Waals surface area contributed by atoms with E-state index in [1.165, 1.54) is 9.80 Å². The van der Waals surface area contributed by atoms with E-state index >= 15 is 0 Å². The lowest BCUT2D eigenvalue weighted by Gasteiger charge is -2.37. The maximum absolute atomic E-state index is 14.7. The molecule has 10 nitrogen and oxygen atoms in total. The number of allylic oxidation sites excluding steroid dienone is 1. The molecule has 2 bridgehead atoms. The first kappa shape index (κ1) is 36.3. The number of ether oxygens (including phenoxy) is 2. The van der Waals surface area contributed by atoms with Gasteiger partial charge in [-0.1, -0.05) is 66.2 Å². The second kappa shape index (κ2) is 15.7.